The first-order valence-electron chi connectivity index (χ1n) is 5.50. The first-order valence-corrected chi connectivity index (χ1v) is 6.29. The number of nitro groups is 1. The van der Waals surface area contributed by atoms with E-state index in [2.05, 4.69) is 20.9 Å². The second-order valence-electron chi connectivity index (χ2n) is 3.93. The fraction of sp³-hybridized carbons (Fsp3) is 0.0769. The number of aromatic nitrogens is 1. The molecule has 2 rings (SSSR count). The SMILES string of the molecule is Cc1ccc(Br)cc1Oc1ncc(C#N)cc1[N+](=O)[O-]. The van der Waals surface area contributed by atoms with Gasteiger partial charge in [-0.05, 0) is 24.6 Å². The zero-order chi connectivity index (χ0) is 14.7. The lowest BCUT2D eigenvalue weighted by molar-refractivity contribution is -0.386. The summed E-state index contributed by atoms with van der Waals surface area (Å²) in [5.74, 6) is 0.315. The molecular weight excluding hydrogens is 326 g/mol. The molecule has 0 spiro atoms. The molecule has 20 heavy (non-hydrogen) atoms. The van der Waals surface area contributed by atoms with Crippen molar-refractivity contribution in [3.63, 3.8) is 0 Å². The number of halogens is 1. The Labute approximate surface area is 122 Å². The summed E-state index contributed by atoms with van der Waals surface area (Å²) in [6.45, 7) is 1.82. The molecule has 0 aliphatic heterocycles. The van der Waals surface area contributed by atoms with Crippen LogP contribution in [0.2, 0.25) is 0 Å². The maximum Gasteiger partial charge on any atom is 0.332 e. The van der Waals surface area contributed by atoms with Crippen molar-refractivity contribution < 1.29 is 9.66 Å². The van der Waals surface area contributed by atoms with Crippen molar-refractivity contribution in [2.24, 2.45) is 0 Å². The molecule has 6 nitrogen and oxygen atoms in total. The number of hydrogen-bond acceptors (Lipinski definition) is 5. The van der Waals surface area contributed by atoms with Gasteiger partial charge in [-0.3, -0.25) is 10.1 Å². The highest BCUT2D eigenvalue weighted by Gasteiger charge is 2.19. The minimum Gasteiger partial charge on any atom is -0.433 e. The molecule has 0 fully saturated rings. The summed E-state index contributed by atoms with van der Waals surface area (Å²) in [7, 11) is 0. The summed E-state index contributed by atoms with van der Waals surface area (Å²) in [5, 5.41) is 19.7. The average molecular weight is 334 g/mol. The minimum atomic E-state index is -0.628. The Morgan fingerprint density at radius 3 is 2.85 bits per heavy atom. The van der Waals surface area contributed by atoms with Gasteiger partial charge in [0.15, 0.2) is 0 Å². The van der Waals surface area contributed by atoms with Crippen LogP contribution in [0.15, 0.2) is 34.9 Å². The van der Waals surface area contributed by atoms with E-state index in [1.54, 1.807) is 12.1 Å². The summed E-state index contributed by atoms with van der Waals surface area (Å²) < 4.78 is 6.28. The fourth-order valence-corrected chi connectivity index (χ4v) is 1.84. The zero-order valence-corrected chi connectivity index (χ0v) is 11.9. The smallest absolute Gasteiger partial charge is 0.332 e. The molecule has 100 valence electrons. The van der Waals surface area contributed by atoms with E-state index in [0.717, 1.165) is 16.1 Å². The van der Waals surface area contributed by atoms with Crippen LogP contribution in [0.4, 0.5) is 5.69 Å². The maximum atomic E-state index is 11.0. The molecule has 0 radical (unpaired) electrons. The number of hydrogen-bond donors (Lipinski definition) is 0. The number of ether oxygens (including phenoxy) is 1. The molecule has 1 aromatic heterocycles. The molecule has 0 atom stereocenters. The first-order chi connectivity index (χ1) is 9.51. The number of rotatable bonds is 3. The Morgan fingerprint density at radius 2 is 2.20 bits per heavy atom. The Bertz CT molecular complexity index is 725. The van der Waals surface area contributed by atoms with Crippen LogP contribution < -0.4 is 4.74 Å². The Kier molecular flexibility index (Phi) is 3.96. The Balaban J connectivity index is 2.46. The van der Waals surface area contributed by atoms with E-state index in [1.807, 2.05) is 19.1 Å². The molecule has 0 saturated carbocycles. The van der Waals surface area contributed by atoms with Crippen LogP contribution >= 0.6 is 15.9 Å². The minimum absolute atomic E-state index is 0.106. The Hall–Kier alpha value is -2.46. The summed E-state index contributed by atoms with van der Waals surface area (Å²) in [5.41, 5.74) is 0.576. The molecule has 1 heterocycles. The van der Waals surface area contributed by atoms with Crippen LogP contribution in [0.1, 0.15) is 11.1 Å². The van der Waals surface area contributed by atoms with Crippen LogP contribution in [-0.2, 0) is 0 Å². The molecule has 0 saturated heterocycles. The van der Waals surface area contributed by atoms with Crippen LogP contribution in [0, 0.1) is 28.4 Å². The van der Waals surface area contributed by atoms with Crippen molar-refractivity contribution >= 4 is 21.6 Å². The van der Waals surface area contributed by atoms with E-state index in [-0.39, 0.29) is 17.1 Å². The third-order valence-corrected chi connectivity index (χ3v) is 3.01. The highest BCUT2D eigenvalue weighted by molar-refractivity contribution is 9.10. The molecule has 0 aliphatic rings. The van der Waals surface area contributed by atoms with Gasteiger partial charge in [-0.25, -0.2) is 4.98 Å². The fourth-order valence-electron chi connectivity index (χ4n) is 1.50. The van der Waals surface area contributed by atoms with Gasteiger partial charge in [0.1, 0.15) is 11.8 Å². The summed E-state index contributed by atoms with van der Waals surface area (Å²) in [6.07, 6.45) is 1.23. The number of nitrogens with zero attached hydrogens (tertiary/aromatic N) is 3. The standard InChI is InChI=1S/C13H8BrN3O3/c1-8-2-3-10(14)5-12(8)20-13-11(17(18)19)4-9(6-15)7-16-13/h2-5,7H,1H3. The molecule has 0 amide bonds. The van der Waals surface area contributed by atoms with Crippen molar-refractivity contribution in [2.75, 3.05) is 0 Å². The normalized spacial score (nSPS) is 9.85. The van der Waals surface area contributed by atoms with Crippen LogP contribution in [0.5, 0.6) is 11.6 Å². The van der Waals surface area contributed by atoms with Gasteiger partial charge in [-0.15, -0.1) is 0 Å². The quantitative estimate of drug-likeness (QED) is 0.630. The van der Waals surface area contributed by atoms with Gasteiger partial charge in [-0.2, -0.15) is 5.26 Å². The number of pyridine rings is 1. The molecule has 2 aromatic rings. The third kappa shape index (κ3) is 2.92. The highest BCUT2D eigenvalue weighted by atomic mass is 79.9. The van der Waals surface area contributed by atoms with Gasteiger partial charge in [0.05, 0.1) is 10.5 Å². The lowest BCUT2D eigenvalue weighted by Gasteiger charge is -2.08. The summed E-state index contributed by atoms with van der Waals surface area (Å²) in [4.78, 5) is 14.2. The monoisotopic (exact) mass is 333 g/mol. The van der Waals surface area contributed by atoms with Crippen molar-refractivity contribution in [3.8, 4) is 17.7 Å². The van der Waals surface area contributed by atoms with Crippen LogP contribution in [-0.4, -0.2) is 9.91 Å². The third-order valence-electron chi connectivity index (χ3n) is 2.51. The van der Waals surface area contributed by atoms with Crippen molar-refractivity contribution in [1.29, 1.82) is 5.26 Å². The zero-order valence-electron chi connectivity index (χ0n) is 10.3. The van der Waals surface area contributed by atoms with Gasteiger partial charge < -0.3 is 4.74 Å². The largest absolute Gasteiger partial charge is 0.433 e. The maximum absolute atomic E-state index is 11.0. The number of benzene rings is 1. The average Bonchev–Trinajstić information content (AvgIpc) is 2.43. The molecule has 0 N–H and O–H groups in total. The van der Waals surface area contributed by atoms with Gasteiger partial charge in [-0.1, -0.05) is 22.0 Å². The van der Waals surface area contributed by atoms with E-state index in [0.29, 0.717) is 5.75 Å². The predicted molar refractivity (Wildman–Crippen MR) is 74.6 cm³/mol. The first kappa shape index (κ1) is 14.0. The summed E-state index contributed by atoms with van der Waals surface area (Å²) >= 11 is 3.30. The van der Waals surface area contributed by atoms with Gasteiger partial charge >= 0.3 is 5.69 Å². The van der Waals surface area contributed by atoms with Gasteiger partial charge in [0.25, 0.3) is 5.88 Å². The molecule has 7 heteroatoms. The van der Waals surface area contributed by atoms with Gasteiger partial charge in [0, 0.05) is 16.7 Å². The van der Waals surface area contributed by atoms with E-state index in [9.17, 15) is 10.1 Å². The number of nitriles is 1. The second-order valence-corrected chi connectivity index (χ2v) is 4.84. The van der Waals surface area contributed by atoms with Gasteiger partial charge in [0.2, 0.25) is 0 Å². The number of aryl methyl sites for hydroxylation is 1. The predicted octanol–water partition coefficient (Wildman–Crippen LogP) is 3.72. The van der Waals surface area contributed by atoms with E-state index >= 15 is 0 Å². The van der Waals surface area contributed by atoms with Crippen LogP contribution in [0.25, 0.3) is 0 Å². The topological polar surface area (TPSA) is 89.0 Å². The van der Waals surface area contributed by atoms with Crippen molar-refractivity contribution in [3.05, 3.63) is 56.2 Å². The summed E-state index contributed by atoms with van der Waals surface area (Å²) in [6, 6.07) is 8.28. The molecule has 0 unspecified atom stereocenters. The van der Waals surface area contributed by atoms with E-state index < -0.39 is 4.92 Å². The van der Waals surface area contributed by atoms with Crippen molar-refractivity contribution in [2.45, 2.75) is 6.92 Å². The molecule has 0 aliphatic carbocycles. The lowest BCUT2D eigenvalue weighted by Crippen LogP contribution is -1.98. The second kappa shape index (κ2) is 5.67. The Morgan fingerprint density at radius 1 is 1.45 bits per heavy atom. The highest BCUT2D eigenvalue weighted by Crippen LogP contribution is 2.32. The van der Waals surface area contributed by atoms with E-state index in [1.165, 1.54) is 6.20 Å². The molecular formula is C13H8BrN3O3. The lowest BCUT2D eigenvalue weighted by atomic mass is 10.2. The molecule has 0 bridgehead atoms. The molecule has 1 aromatic carbocycles. The van der Waals surface area contributed by atoms with Crippen molar-refractivity contribution in [1.82, 2.24) is 4.98 Å². The van der Waals surface area contributed by atoms with Crippen LogP contribution in [0.3, 0.4) is 0 Å². The van der Waals surface area contributed by atoms with E-state index in [4.69, 9.17) is 10.00 Å².